The Hall–Kier alpha value is -3.85. The van der Waals surface area contributed by atoms with Crippen molar-refractivity contribution in [1.29, 1.82) is 0 Å². The number of unbranched alkanes of at least 4 members (excludes halogenated alkanes) is 23. The molecule has 82 heavy (non-hydrogen) atoms. The van der Waals surface area contributed by atoms with E-state index in [2.05, 4.69) is 148 Å². The van der Waals surface area contributed by atoms with E-state index in [0.29, 0.717) is 17.4 Å². The third kappa shape index (κ3) is 65.3. The van der Waals surface area contributed by atoms with Crippen LogP contribution in [0.15, 0.2) is 134 Å². The summed E-state index contributed by atoms with van der Waals surface area (Å²) in [6, 6.07) is 0. The molecule has 0 fully saturated rings. The number of quaternary nitrogens is 1. The van der Waals surface area contributed by atoms with Crippen molar-refractivity contribution in [2.75, 3.05) is 47.5 Å². The monoisotopic (exact) mass is 1160 g/mol. The largest absolute Gasteiger partial charge is 0.756 e. The molecule has 0 aliphatic heterocycles. The average Bonchev–Trinajstić information content (AvgIpc) is 3.46. The van der Waals surface area contributed by atoms with Crippen LogP contribution in [0.1, 0.15) is 258 Å². The quantitative estimate of drug-likeness (QED) is 0.0195. The van der Waals surface area contributed by atoms with Gasteiger partial charge in [-0.1, -0.05) is 263 Å². The zero-order valence-electron chi connectivity index (χ0n) is 53.1. The van der Waals surface area contributed by atoms with Crippen LogP contribution >= 0.6 is 7.82 Å². The summed E-state index contributed by atoms with van der Waals surface area (Å²) in [5, 5.41) is 0. The highest BCUT2D eigenvalue weighted by atomic mass is 31.2. The van der Waals surface area contributed by atoms with E-state index in [-0.39, 0.29) is 26.1 Å². The SMILES string of the molecule is CC/C=C\C/C=C\C/C=C\C/C=C\C/C=C\C/C=C\C/C=C\C/C=C\C/C=C\CCCCCCCCCCCCCC(=O)OC(COC(=O)CCCCCCCCCCC/C=C\C/C=C\CCCCC)COP(=O)([O-])OCC[N+](C)(C)C. The number of ether oxygens (including phenoxy) is 2. The number of hydrogen-bond acceptors (Lipinski definition) is 8. The van der Waals surface area contributed by atoms with Crippen molar-refractivity contribution in [3.05, 3.63) is 134 Å². The van der Waals surface area contributed by atoms with Crippen molar-refractivity contribution in [1.82, 2.24) is 0 Å². The first-order valence-electron chi connectivity index (χ1n) is 32.9. The minimum atomic E-state index is -4.65. The van der Waals surface area contributed by atoms with Gasteiger partial charge in [0, 0.05) is 12.8 Å². The van der Waals surface area contributed by atoms with Gasteiger partial charge in [0.2, 0.25) is 0 Å². The van der Waals surface area contributed by atoms with Crippen LogP contribution < -0.4 is 4.89 Å². The molecule has 0 aliphatic rings. The molecule has 0 radical (unpaired) electrons. The van der Waals surface area contributed by atoms with Gasteiger partial charge in [-0.05, 0) is 116 Å². The number of hydrogen-bond donors (Lipinski definition) is 0. The third-order valence-corrected chi connectivity index (χ3v) is 14.6. The van der Waals surface area contributed by atoms with Crippen LogP contribution in [-0.4, -0.2) is 70.0 Å². The van der Waals surface area contributed by atoms with Gasteiger partial charge in [0.15, 0.2) is 6.10 Å². The van der Waals surface area contributed by atoms with Crippen LogP contribution in [0, 0.1) is 0 Å². The number of carbonyl (C=O) groups is 2. The Bertz CT molecular complexity index is 1850. The maximum Gasteiger partial charge on any atom is 0.306 e. The molecule has 9 nitrogen and oxygen atoms in total. The molecule has 0 heterocycles. The van der Waals surface area contributed by atoms with Crippen LogP contribution in [-0.2, 0) is 32.7 Å². The fraction of sp³-hybridized carbons (Fsp3) is 0.667. The summed E-state index contributed by atoms with van der Waals surface area (Å²) < 4.78 is 34.2. The molecule has 2 atom stereocenters. The Morgan fingerprint density at radius 2 is 0.695 bits per heavy atom. The van der Waals surface area contributed by atoms with Gasteiger partial charge in [0.25, 0.3) is 7.82 Å². The molecule has 0 bridgehead atoms. The van der Waals surface area contributed by atoms with E-state index in [1.807, 2.05) is 21.1 Å². The number of phosphoric acid groups is 1. The zero-order chi connectivity index (χ0) is 59.8. The molecule has 0 aromatic carbocycles. The van der Waals surface area contributed by atoms with E-state index in [1.165, 1.54) is 103 Å². The lowest BCUT2D eigenvalue weighted by atomic mass is 10.0. The average molecular weight is 1160 g/mol. The summed E-state index contributed by atoms with van der Waals surface area (Å²) >= 11 is 0. The van der Waals surface area contributed by atoms with Crippen LogP contribution in [0.3, 0.4) is 0 Å². The zero-order valence-corrected chi connectivity index (χ0v) is 54.0. The van der Waals surface area contributed by atoms with E-state index < -0.39 is 32.5 Å². The lowest BCUT2D eigenvalue weighted by molar-refractivity contribution is -0.870. The van der Waals surface area contributed by atoms with Gasteiger partial charge >= 0.3 is 11.9 Å². The fourth-order valence-corrected chi connectivity index (χ4v) is 9.35. The van der Waals surface area contributed by atoms with Gasteiger partial charge in [0.1, 0.15) is 19.8 Å². The molecule has 0 rings (SSSR count). The fourth-order valence-electron chi connectivity index (χ4n) is 8.62. The molecule has 0 amide bonds. The van der Waals surface area contributed by atoms with Crippen LogP contribution in [0.25, 0.3) is 0 Å². The van der Waals surface area contributed by atoms with Gasteiger partial charge in [-0.2, -0.15) is 0 Å². The van der Waals surface area contributed by atoms with Crippen molar-refractivity contribution >= 4 is 19.8 Å². The molecule has 2 unspecified atom stereocenters. The lowest BCUT2D eigenvalue weighted by Gasteiger charge is -2.28. The summed E-state index contributed by atoms with van der Waals surface area (Å²) in [6.07, 6.45) is 89.4. The van der Waals surface area contributed by atoms with E-state index in [1.54, 1.807) is 0 Å². The summed E-state index contributed by atoms with van der Waals surface area (Å²) in [5.41, 5.74) is 0. The third-order valence-electron chi connectivity index (χ3n) is 13.7. The van der Waals surface area contributed by atoms with Gasteiger partial charge < -0.3 is 27.9 Å². The van der Waals surface area contributed by atoms with Crippen molar-refractivity contribution in [3.63, 3.8) is 0 Å². The second-order valence-corrected chi connectivity index (χ2v) is 24.2. The van der Waals surface area contributed by atoms with E-state index in [4.69, 9.17) is 18.5 Å². The Balaban J connectivity index is 4.10. The second kappa shape index (κ2) is 61.7. The van der Waals surface area contributed by atoms with Gasteiger partial charge in [-0.3, -0.25) is 14.2 Å². The van der Waals surface area contributed by atoms with Crippen molar-refractivity contribution < 1.29 is 42.1 Å². The molecular weight excluding hydrogens is 1040 g/mol. The minimum absolute atomic E-state index is 0.0376. The van der Waals surface area contributed by atoms with Crippen LogP contribution in [0.2, 0.25) is 0 Å². The van der Waals surface area contributed by atoms with Gasteiger partial charge in [-0.15, -0.1) is 0 Å². The summed E-state index contributed by atoms with van der Waals surface area (Å²) in [4.78, 5) is 38.0. The van der Waals surface area contributed by atoms with Crippen molar-refractivity contribution in [2.24, 2.45) is 0 Å². The summed E-state index contributed by atoms with van der Waals surface area (Å²) in [7, 11) is 1.15. The van der Waals surface area contributed by atoms with E-state index in [0.717, 1.165) is 122 Å². The molecule has 0 saturated carbocycles. The highest BCUT2D eigenvalue weighted by Crippen LogP contribution is 2.38. The smallest absolute Gasteiger partial charge is 0.306 e. The first kappa shape index (κ1) is 78.1. The number of rotatable bonds is 59. The Labute approximate surface area is 504 Å². The number of nitrogens with zero attached hydrogens (tertiary/aromatic N) is 1. The highest BCUT2D eigenvalue weighted by molar-refractivity contribution is 7.45. The molecule has 0 N–H and O–H groups in total. The standard InChI is InChI=1S/C72H122NO8P/c1-6-8-10-12-14-16-18-20-22-24-26-27-28-29-30-31-32-33-34-35-36-37-38-39-40-41-42-43-44-45-47-49-51-53-55-57-59-61-63-65-72(75)81-70(69-80-82(76,77)79-67-66-73(3,4)5)68-78-71(74)64-62-60-58-56-54-52-50-48-46-25-23-21-19-17-15-13-11-9-7-2/h8,10,14-17,20-23,26-27,29-30,32-33,35-36,38-39,41-42,70H,6-7,9,11-13,18-19,24-25,28,31,34,37,40,43-69H2,1-5H3/b10-8-,16-14-,17-15-,22-20-,23-21-,27-26-,30-29-,33-32-,36-35-,39-38-,42-41-. The van der Waals surface area contributed by atoms with Crippen molar-refractivity contribution in [2.45, 2.75) is 264 Å². The molecule has 0 aromatic heterocycles. The van der Waals surface area contributed by atoms with E-state index in [9.17, 15) is 19.0 Å². The van der Waals surface area contributed by atoms with Crippen LogP contribution in [0.4, 0.5) is 0 Å². The highest BCUT2D eigenvalue weighted by Gasteiger charge is 2.22. The number of esters is 2. The molecule has 0 aromatic rings. The first-order valence-corrected chi connectivity index (χ1v) is 34.4. The predicted molar refractivity (Wildman–Crippen MR) is 351 cm³/mol. The maximum atomic E-state index is 12.8. The molecule has 0 saturated heterocycles. The van der Waals surface area contributed by atoms with Crippen LogP contribution in [0.5, 0.6) is 0 Å². The number of carbonyl (C=O) groups excluding carboxylic acids is 2. The lowest BCUT2D eigenvalue weighted by Crippen LogP contribution is -2.37. The molecule has 0 spiro atoms. The number of phosphoric ester groups is 1. The Kier molecular flexibility index (Phi) is 58.8. The molecule has 0 aliphatic carbocycles. The summed E-state index contributed by atoms with van der Waals surface area (Å²) in [6.45, 7) is 4.09. The summed E-state index contributed by atoms with van der Waals surface area (Å²) in [5.74, 6) is -0.845. The molecular formula is C72H122NO8P. The number of allylic oxidation sites excluding steroid dienone is 22. The van der Waals surface area contributed by atoms with Gasteiger partial charge in [0.05, 0.1) is 27.7 Å². The van der Waals surface area contributed by atoms with E-state index >= 15 is 0 Å². The minimum Gasteiger partial charge on any atom is -0.756 e. The van der Waals surface area contributed by atoms with Gasteiger partial charge in [-0.25, -0.2) is 0 Å². The predicted octanol–water partition coefficient (Wildman–Crippen LogP) is 20.6. The van der Waals surface area contributed by atoms with Crippen molar-refractivity contribution in [3.8, 4) is 0 Å². The first-order chi connectivity index (χ1) is 40.0. The maximum absolute atomic E-state index is 12.8. The molecule has 468 valence electrons. The normalized spacial score (nSPS) is 14.1. The molecule has 10 heteroatoms. The Morgan fingerprint density at radius 3 is 1.04 bits per heavy atom. The number of likely N-dealkylation sites (N-methyl/N-ethyl adjacent to an activating group) is 1. The second-order valence-electron chi connectivity index (χ2n) is 22.7. The Morgan fingerprint density at radius 1 is 0.390 bits per heavy atom. The topological polar surface area (TPSA) is 111 Å².